The summed E-state index contributed by atoms with van der Waals surface area (Å²) in [6.07, 6.45) is 0. The molecule has 0 amide bonds. The van der Waals surface area contributed by atoms with Crippen molar-refractivity contribution in [2.75, 3.05) is 18.5 Å². The maximum Gasteiger partial charge on any atom is 0.102 e. The number of hydrogen-bond donors (Lipinski definition) is 3. The number of anilines is 1. The standard InChI is InChI=1S/C12H16N2O2/c1-9-3-4-10(6-13)11(5-9)14-7-12(2,16)8-15/h3-5,14-16H,7-8H2,1-2H3. The molecule has 0 saturated heterocycles. The highest BCUT2D eigenvalue weighted by Crippen LogP contribution is 2.17. The van der Waals surface area contributed by atoms with E-state index in [-0.39, 0.29) is 13.2 Å². The van der Waals surface area contributed by atoms with E-state index >= 15 is 0 Å². The van der Waals surface area contributed by atoms with E-state index in [2.05, 4.69) is 11.4 Å². The molecule has 4 heteroatoms. The number of nitrogens with one attached hydrogen (secondary N) is 1. The van der Waals surface area contributed by atoms with E-state index in [4.69, 9.17) is 10.4 Å². The fraction of sp³-hybridized carbons (Fsp3) is 0.417. The zero-order valence-electron chi connectivity index (χ0n) is 9.49. The predicted octanol–water partition coefficient (Wildman–Crippen LogP) is 1.02. The number of nitriles is 1. The van der Waals surface area contributed by atoms with E-state index in [0.717, 1.165) is 5.56 Å². The fourth-order valence-electron chi connectivity index (χ4n) is 1.24. The van der Waals surface area contributed by atoms with Crippen LogP contribution in [0.15, 0.2) is 18.2 Å². The molecule has 1 aromatic carbocycles. The van der Waals surface area contributed by atoms with E-state index in [0.29, 0.717) is 11.3 Å². The van der Waals surface area contributed by atoms with Crippen LogP contribution in [-0.2, 0) is 0 Å². The van der Waals surface area contributed by atoms with E-state index < -0.39 is 5.60 Å². The number of benzene rings is 1. The molecule has 3 N–H and O–H groups in total. The Hall–Kier alpha value is -1.57. The van der Waals surface area contributed by atoms with E-state index in [1.165, 1.54) is 6.92 Å². The van der Waals surface area contributed by atoms with Gasteiger partial charge in [-0.25, -0.2) is 0 Å². The Morgan fingerprint density at radius 1 is 1.50 bits per heavy atom. The van der Waals surface area contributed by atoms with Gasteiger partial charge < -0.3 is 15.5 Å². The van der Waals surface area contributed by atoms with Crippen molar-refractivity contribution in [3.63, 3.8) is 0 Å². The minimum Gasteiger partial charge on any atom is -0.393 e. The lowest BCUT2D eigenvalue weighted by molar-refractivity contribution is 0.0132. The molecule has 0 radical (unpaired) electrons. The van der Waals surface area contributed by atoms with Crippen molar-refractivity contribution in [1.82, 2.24) is 0 Å². The van der Waals surface area contributed by atoms with Crippen LogP contribution in [0.4, 0.5) is 5.69 Å². The highest BCUT2D eigenvalue weighted by atomic mass is 16.3. The van der Waals surface area contributed by atoms with E-state index in [9.17, 15) is 5.11 Å². The first-order valence-electron chi connectivity index (χ1n) is 5.06. The molecular formula is C12H16N2O2. The minimum atomic E-state index is -1.18. The highest BCUT2D eigenvalue weighted by Gasteiger charge is 2.18. The first kappa shape index (κ1) is 12.5. The van der Waals surface area contributed by atoms with Gasteiger partial charge in [0.1, 0.15) is 11.7 Å². The van der Waals surface area contributed by atoms with E-state index in [1.807, 2.05) is 19.1 Å². The average Bonchev–Trinajstić information content (AvgIpc) is 2.27. The van der Waals surface area contributed by atoms with Crippen molar-refractivity contribution in [2.24, 2.45) is 0 Å². The van der Waals surface area contributed by atoms with Crippen LogP contribution in [0.25, 0.3) is 0 Å². The fourth-order valence-corrected chi connectivity index (χ4v) is 1.24. The predicted molar refractivity (Wildman–Crippen MR) is 62.1 cm³/mol. The van der Waals surface area contributed by atoms with Crippen LogP contribution in [0.1, 0.15) is 18.1 Å². The molecule has 16 heavy (non-hydrogen) atoms. The van der Waals surface area contributed by atoms with Crippen LogP contribution in [0.5, 0.6) is 0 Å². The Balaban J connectivity index is 2.81. The smallest absolute Gasteiger partial charge is 0.102 e. The second-order valence-corrected chi connectivity index (χ2v) is 4.17. The van der Waals surface area contributed by atoms with Gasteiger partial charge in [0.25, 0.3) is 0 Å². The maximum atomic E-state index is 9.62. The van der Waals surface area contributed by atoms with Gasteiger partial charge in [0.15, 0.2) is 0 Å². The third kappa shape index (κ3) is 3.23. The molecule has 1 aromatic rings. The Morgan fingerprint density at radius 3 is 2.75 bits per heavy atom. The summed E-state index contributed by atoms with van der Waals surface area (Å²) < 4.78 is 0. The van der Waals surface area contributed by atoms with Crippen molar-refractivity contribution in [2.45, 2.75) is 19.4 Å². The maximum absolute atomic E-state index is 9.62. The number of rotatable bonds is 4. The number of aryl methyl sites for hydroxylation is 1. The quantitative estimate of drug-likeness (QED) is 0.708. The molecule has 0 aliphatic rings. The molecule has 0 heterocycles. The Bertz CT molecular complexity index is 408. The van der Waals surface area contributed by atoms with Gasteiger partial charge in [-0.1, -0.05) is 6.07 Å². The SMILES string of the molecule is Cc1ccc(C#N)c(NCC(C)(O)CO)c1. The van der Waals surface area contributed by atoms with Crippen molar-refractivity contribution < 1.29 is 10.2 Å². The molecule has 4 nitrogen and oxygen atoms in total. The molecule has 0 aliphatic carbocycles. The van der Waals surface area contributed by atoms with Crippen LogP contribution in [0.2, 0.25) is 0 Å². The third-order valence-electron chi connectivity index (χ3n) is 2.30. The largest absolute Gasteiger partial charge is 0.393 e. The second-order valence-electron chi connectivity index (χ2n) is 4.17. The molecule has 0 aromatic heterocycles. The molecule has 1 atom stereocenters. The molecular weight excluding hydrogens is 204 g/mol. The molecule has 1 rings (SSSR count). The van der Waals surface area contributed by atoms with Gasteiger partial charge in [-0.3, -0.25) is 0 Å². The molecule has 1 unspecified atom stereocenters. The summed E-state index contributed by atoms with van der Waals surface area (Å²) >= 11 is 0. The van der Waals surface area contributed by atoms with Crippen molar-refractivity contribution in [3.05, 3.63) is 29.3 Å². The summed E-state index contributed by atoms with van der Waals surface area (Å²) in [4.78, 5) is 0. The van der Waals surface area contributed by atoms with E-state index in [1.54, 1.807) is 6.07 Å². The number of aliphatic hydroxyl groups is 2. The summed E-state index contributed by atoms with van der Waals surface area (Å²) in [5.74, 6) is 0. The summed E-state index contributed by atoms with van der Waals surface area (Å²) in [5.41, 5.74) is 1.05. The van der Waals surface area contributed by atoms with Gasteiger partial charge in [-0.15, -0.1) is 0 Å². The van der Waals surface area contributed by atoms with Crippen LogP contribution in [0.3, 0.4) is 0 Å². The van der Waals surface area contributed by atoms with Crippen LogP contribution in [-0.4, -0.2) is 29.0 Å². The third-order valence-corrected chi connectivity index (χ3v) is 2.30. The van der Waals surface area contributed by atoms with Gasteiger partial charge in [0.2, 0.25) is 0 Å². The average molecular weight is 220 g/mol. The summed E-state index contributed by atoms with van der Waals surface area (Å²) in [7, 11) is 0. The van der Waals surface area contributed by atoms with Crippen molar-refractivity contribution in [3.8, 4) is 6.07 Å². The molecule has 0 saturated carbocycles. The van der Waals surface area contributed by atoms with Gasteiger partial charge in [0, 0.05) is 6.54 Å². The number of hydrogen-bond acceptors (Lipinski definition) is 4. The van der Waals surface area contributed by atoms with Crippen molar-refractivity contribution in [1.29, 1.82) is 5.26 Å². The van der Waals surface area contributed by atoms with Crippen LogP contribution >= 0.6 is 0 Å². The van der Waals surface area contributed by atoms with Crippen LogP contribution < -0.4 is 5.32 Å². The summed E-state index contributed by atoms with van der Waals surface area (Å²) in [6, 6.07) is 7.49. The molecule has 86 valence electrons. The molecule has 0 bridgehead atoms. The van der Waals surface area contributed by atoms with Gasteiger partial charge >= 0.3 is 0 Å². The van der Waals surface area contributed by atoms with Crippen molar-refractivity contribution >= 4 is 5.69 Å². The number of aliphatic hydroxyl groups excluding tert-OH is 1. The zero-order chi connectivity index (χ0) is 12.2. The summed E-state index contributed by atoms with van der Waals surface area (Å²) in [6.45, 7) is 3.33. The second kappa shape index (κ2) is 4.97. The monoisotopic (exact) mass is 220 g/mol. The first-order valence-corrected chi connectivity index (χ1v) is 5.06. The molecule has 0 fully saturated rings. The molecule has 0 aliphatic heterocycles. The highest BCUT2D eigenvalue weighted by molar-refractivity contribution is 5.58. The lowest BCUT2D eigenvalue weighted by Crippen LogP contribution is -2.37. The zero-order valence-corrected chi connectivity index (χ0v) is 9.49. The minimum absolute atomic E-state index is 0.196. The lowest BCUT2D eigenvalue weighted by atomic mass is 10.1. The van der Waals surface area contributed by atoms with Gasteiger partial charge in [0.05, 0.1) is 17.9 Å². The summed E-state index contributed by atoms with van der Waals surface area (Å²) in [5, 5.41) is 30.4. The molecule has 0 spiro atoms. The Morgan fingerprint density at radius 2 is 2.19 bits per heavy atom. The first-order chi connectivity index (χ1) is 7.48. The van der Waals surface area contributed by atoms with Gasteiger partial charge in [-0.05, 0) is 31.5 Å². The normalized spacial score (nSPS) is 13.9. The topological polar surface area (TPSA) is 76.3 Å². The lowest BCUT2D eigenvalue weighted by Gasteiger charge is -2.21. The Kier molecular flexibility index (Phi) is 3.88. The Labute approximate surface area is 95.2 Å². The van der Waals surface area contributed by atoms with Crippen LogP contribution in [0, 0.1) is 18.3 Å². The number of nitrogens with zero attached hydrogens (tertiary/aromatic N) is 1. The van der Waals surface area contributed by atoms with Gasteiger partial charge in [-0.2, -0.15) is 5.26 Å².